The van der Waals surface area contributed by atoms with Crippen molar-refractivity contribution in [1.29, 1.82) is 0 Å². The van der Waals surface area contributed by atoms with Crippen molar-refractivity contribution in [3.8, 4) is 0 Å². The summed E-state index contributed by atoms with van der Waals surface area (Å²) in [5, 5.41) is 1.70. The third-order valence-corrected chi connectivity index (χ3v) is 6.86. The topological polar surface area (TPSA) is 68.7 Å². The van der Waals surface area contributed by atoms with Crippen LogP contribution in [-0.2, 0) is 20.7 Å². The zero-order valence-corrected chi connectivity index (χ0v) is 19.9. The number of para-hydroxylation sites is 1. The van der Waals surface area contributed by atoms with E-state index in [4.69, 9.17) is 37.7 Å². The lowest BCUT2D eigenvalue weighted by atomic mass is 10.0. The number of esters is 1. The summed E-state index contributed by atoms with van der Waals surface area (Å²) < 4.78 is 10.8. The maximum atomic E-state index is 13.3. The molecule has 0 N–H and O–H groups in total. The van der Waals surface area contributed by atoms with Crippen LogP contribution in [0.3, 0.4) is 0 Å². The number of hydrogen-bond donors (Lipinski definition) is 0. The zero-order valence-electron chi connectivity index (χ0n) is 18.4. The van der Waals surface area contributed by atoms with Crippen LogP contribution < -0.4 is 0 Å². The molecular weight excluding hydrogens is 475 g/mol. The van der Waals surface area contributed by atoms with Gasteiger partial charge in [0.1, 0.15) is 0 Å². The molecule has 1 aliphatic carbocycles. The molecule has 1 fully saturated rings. The number of pyridine rings is 1. The number of hydrogen-bond acceptors (Lipinski definition) is 5. The van der Waals surface area contributed by atoms with Gasteiger partial charge in [-0.15, -0.1) is 0 Å². The monoisotopic (exact) mass is 496 g/mol. The predicted molar refractivity (Wildman–Crippen MR) is 132 cm³/mol. The second kappa shape index (κ2) is 9.74. The second-order valence-corrected chi connectivity index (χ2v) is 9.06. The molecule has 6 nitrogen and oxygen atoms in total. The fraction of sp³-hybridized carbons (Fsp3) is 0.269. The van der Waals surface area contributed by atoms with Crippen molar-refractivity contribution in [3.63, 3.8) is 0 Å². The summed E-state index contributed by atoms with van der Waals surface area (Å²) in [6, 6.07) is 13.0. The number of benzene rings is 2. The molecular formula is C26H22Cl2N2O4. The molecule has 0 saturated carbocycles. The highest BCUT2D eigenvalue weighted by Gasteiger charge is 2.28. The summed E-state index contributed by atoms with van der Waals surface area (Å²) in [6.07, 6.45) is 3.40. The zero-order chi connectivity index (χ0) is 23.7. The van der Waals surface area contributed by atoms with Crippen LogP contribution >= 0.6 is 23.2 Å². The van der Waals surface area contributed by atoms with E-state index in [1.807, 2.05) is 42.5 Å². The summed E-state index contributed by atoms with van der Waals surface area (Å²) in [7, 11) is 0. The maximum Gasteiger partial charge on any atom is 0.339 e. The summed E-state index contributed by atoms with van der Waals surface area (Å²) in [6.45, 7) is 1.71. The Kier molecular flexibility index (Phi) is 6.55. The van der Waals surface area contributed by atoms with Gasteiger partial charge in [0, 0.05) is 18.5 Å². The molecule has 1 amide bonds. The van der Waals surface area contributed by atoms with E-state index < -0.39 is 5.97 Å². The van der Waals surface area contributed by atoms with Crippen molar-refractivity contribution < 1.29 is 19.1 Å². The van der Waals surface area contributed by atoms with Gasteiger partial charge in [-0.2, -0.15) is 0 Å². The third-order valence-electron chi connectivity index (χ3n) is 6.12. The normalized spacial score (nSPS) is 16.6. The number of rotatable bonds is 4. The number of nitrogens with zero attached hydrogens (tertiary/aromatic N) is 2. The average molecular weight is 497 g/mol. The van der Waals surface area contributed by atoms with Gasteiger partial charge < -0.3 is 14.4 Å². The molecule has 0 atom stereocenters. The first-order chi connectivity index (χ1) is 16.5. The molecule has 0 spiro atoms. The van der Waals surface area contributed by atoms with Gasteiger partial charge in [0.15, 0.2) is 6.61 Å². The van der Waals surface area contributed by atoms with E-state index in [1.54, 1.807) is 11.0 Å². The van der Waals surface area contributed by atoms with Gasteiger partial charge >= 0.3 is 5.97 Å². The number of halogens is 2. The van der Waals surface area contributed by atoms with Gasteiger partial charge in [0.05, 0.1) is 40.0 Å². The van der Waals surface area contributed by atoms with Gasteiger partial charge in [-0.3, -0.25) is 4.79 Å². The summed E-state index contributed by atoms with van der Waals surface area (Å²) in [5.74, 6) is -0.723. The van der Waals surface area contributed by atoms with Crippen LogP contribution in [0.15, 0.2) is 42.5 Å². The highest BCUT2D eigenvalue weighted by atomic mass is 35.5. The van der Waals surface area contributed by atoms with E-state index in [0.717, 1.165) is 34.2 Å². The Bertz CT molecular complexity index is 1320. The second-order valence-electron chi connectivity index (χ2n) is 8.24. The molecule has 0 unspecified atom stereocenters. The summed E-state index contributed by atoms with van der Waals surface area (Å²) in [4.78, 5) is 32.3. The van der Waals surface area contributed by atoms with Crippen molar-refractivity contribution >= 4 is 57.6 Å². The molecule has 2 aromatic carbocycles. The Hall–Kier alpha value is -2.93. The lowest BCUT2D eigenvalue weighted by Gasteiger charge is -2.26. The predicted octanol–water partition coefficient (Wildman–Crippen LogP) is 5.04. The lowest BCUT2D eigenvalue weighted by Crippen LogP contribution is -2.42. The Morgan fingerprint density at radius 2 is 1.85 bits per heavy atom. The fourth-order valence-electron chi connectivity index (χ4n) is 4.42. The highest BCUT2D eigenvalue weighted by Crippen LogP contribution is 2.38. The molecule has 0 radical (unpaired) electrons. The maximum absolute atomic E-state index is 13.3. The fourth-order valence-corrected chi connectivity index (χ4v) is 4.73. The van der Waals surface area contributed by atoms with Crippen LogP contribution in [0.4, 0.5) is 0 Å². The molecule has 1 aliphatic heterocycles. The quantitative estimate of drug-likeness (QED) is 0.473. The number of carbonyl (C=O) groups is 2. The Balaban J connectivity index is 1.47. The molecule has 2 aliphatic rings. The van der Waals surface area contributed by atoms with Crippen molar-refractivity contribution in [3.05, 3.63) is 74.9 Å². The molecule has 1 saturated heterocycles. The molecule has 3 aromatic rings. The van der Waals surface area contributed by atoms with E-state index >= 15 is 0 Å². The lowest BCUT2D eigenvalue weighted by molar-refractivity contribution is -0.138. The number of morpholine rings is 1. The first kappa shape index (κ1) is 22.8. The van der Waals surface area contributed by atoms with Crippen LogP contribution in [0.2, 0.25) is 10.0 Å². The molecule has 34 heavy (non-hydrogen) atoms. The Morgan fingerprint density at radius 1 is 1.06 bits per heavy atom. The number of fused-ring (bicyclic) bond motifs is 2. The number of aromatic nitrogens is 1. The van der Waals surface area contributed by atoms with Crippen LogP contribution in [0.5, 0.6) is 0 Å². The highest BCUT2D eigenvalue weighted by molar-refractivity contribution is 6.42. The SMILES string of the molecule is O=C(OCC(=O)N1CCOCC1)c1c2c(nc3ccccc13)C(=Cc1ccc(Cl)c(Cl)c1)CC2. The largest absolute Gasteiger partial charge is 0.452 e. The number of ether oxygens (including phenoxy) is 2. The summed E-state index contributed by atoms with van der Waals surface area (Å²) in [5.41, 5.74) is 4.72. The molecule has 8 heteroatoms. The van der Waals surface area contributed by atoms with Crippen molar-refractivity contribution in [2.45, 2.75) is 12.8 Å². The minimum atomic E-state index is -0.507. The van der Waals surface area contributed by atoms with Crippen LogP contribution in [0.25, 0.3) is 22.6 Å². The van der Waals surface area contributed by atoms with E-state index in [-0.39, 0.29) is 12.5 Å². The van der Waals surface area contributed by atoms with Gasteiger partial charge in [-0.1, -0.05) is 47.5 Å². The van der Waals surface area contributed by atoms with Crippen LogP contribution in [0.1, 0.15) is 33.6 Å². The van der Waals surface area contributed by atoms with Gasteiger partial charge in [0.25, 0.3) is 5.91 Å². The van der Waals surface area contributed by atoms with Gasteiger partial charge in [-0.05, 0) is 53.8 Å². The van der Waals surface area contributed by atoms with E-state index in [9.17, 15) is 9.59 Å². The smallest absolute Gasteiger partial charge is 0.339 e. The number of carbonyl (C=O) groups excluding carboxylic acids is 2. The van der Waals surface area contributed by atoms with Crippen molar-refractivity contribution in [1.82, 2.24) is 9.88 Å². The van der Waals surface area contributed by atoms with Crippen LogP contribution in [-0.4, -0.2) is 54.7 Å². The van der Waals surface area contributed by atoms with Gasteiger partial charge in [0.2, 0.25) is 0 Å². The standard InChI is InChI=1S/C26H22Cl2N2O4/c27-20-8-5-16(14-21(20)28)13-17-6-7-19-24(18-3-1-2-4-22(18)29-25(17)19)26(32)34-15-23(31)30-9-11-33-12-10-30/h1-5,8,13-14H,6-7,9-12,15H2. The molecule has 5 rings (SSSR count). The number of allylic oxidation sites excluding steroid dienone is 1. The Morgan fingerprint density at radius 3 is 2.65 bits per heavy atom. The minimum Gasteiger partial charge on any atom is -0.452 e. The van der Waals surface area contributed by atoms with E-state index in [1.165, 1.54) is 0 Å². The van der Waals surface area contributed by atoms with Crippen molar-refractivity contribution in [2.75, 3.05) is 32.9 Å². The van der Waals surface area contributed by atoms with E-state index in [0.29, 0.717) is 53.8 Å². The summed E-state index contributed by atoms with van der Waals surface area (Å²) >= 11 is 12.2. The van der Waals surface area contributed by atoms with Crippen LogP contribution in [0, 0.1) is 0 Å². The molecule has 0 bridgehead atoms. The number of amides is 1. The first-order valence-electron chi connectivity index (χ1n) is 11.1. The van der Waals surface area contributed by atoms with E-state index in [2.05, 4.69) is 0 Å². The third kappa shape index (κ3) is 4.53. The molecule has 2 heterocycles. The Labute approximate surface area is 207 Å². The molecule has 174 valence electrons. The first-order valence-corrected chi connectivity index (χ1v) is 11.9. The minimum absolute atomic E-state index is 0.216. The van der Waals surface area contributed by atoms with Gasteiger partial charge in [-0.25, -0.2) is 9.78 Å². The average Bonchev–Trinajstić information content (AvgIpc) is 3.25. The van der Waals surface area contributed by atoms with Crippen molar-refractivity contribution in [2.24, 2.45) is 0 Å². The molecule has 1 aromatic heterocycles.